The molecule has 94 valence electrons. The van der Waals surface area contributed by atoms with E-state index in [1.54, 1.807) is 0 Å². The van der Waals surface area contributed by atoms with Crippen LogP contribution in [0.15, 0.2) is 0 Å². The van der Waals surface area contributed by atoms with Gasteiger partial charge in [0.05, 0.1) is 5.84 Å². The van der Waals surface area contributed by atoms with Crippen LogP contribution in [0.25, 0.3) is 0 Å². The van der Waals surface area contributed by atoms with Gasteiger partial charge in [0.1, 0.15) is 0 Å². The van der Waals surface area contributed by atoms with Crippen molar-refractivity contribution in [2.75, 3.05) is 19.6 Å². The molecule has 16 heavy (non-hydrogen) atoms. The smallest absolute Gasteiger partial charge is 0.0963 e. The summed E-state index contributed by atoms with van der Waals surface area (Å²) in [5.74, 6) is 0.306. The molecule has 1 aliphatic heterocycles. The summed E-state index contributed by atoms with van der Waals surface area (Å²) in [6, 6.07) is 0. The van der Waals surface area contributed by atoms with E-state index in [0.29, 0.717) is 5.84 Å². The predicted molar refractivity (Wildman–Crippen MR) is 73.3 cm³/mol. The average Bonchev–Trinajstić information content (AvgIpc) is 2.13. The summed E-state index contributed by atoms with van der Waals surface area (Å²) in [5.41, 5.74) is 5.45. The van der Waals surface area contributed by atoms with Gasteiger partial charge in [0, 0.05) is 29.0 Å². The lowest BCUT2D eigenvalue weighted by Crippen LogP contribution is -2.43. The van der Waals surface area contributed by atoms with E-state index in [0.717, 1.165) is 23.5 Å². The lowest BCUT2D eigenvalue weighted by molar-refractivity contribution is 0.242. The number of rotatable bonds is 4. The highest BCUT2D eigenvalue weighted by Gasteiger charge is 2.26. The molecule has 0 aromatic heterocycles. The second kappa shape index (κ2) is 5.41. The molecule has 1 saturated heterocycles. The fourth-order valence-corrected chi connectivity index (χ4v) is 3.43. The monoisotopic (exact) mass is 243 g/mol. The first-order chi connectivity index (χ1) is 7.31. The van der Waals surface area contributed by atoms with Gasteiger partial charge in [0.2, 0.25) is 0 Å². The fourth-order valence-electron chi connectivity index (χ4n) is 2.04. The third kappa shape index (κ3) is 3.98. The molecule has 3 N–H and O–H groups in total. The van der Waals surface area contributed by atoms with E-state index in [1.165, 1.54) is 13.1 Å². The van der Waals surface area contributed by atoms with Crippen LogP contribution in [0.2, 0.25) is 0 Å². The van der Waals surface area contributed by atoms with Gasteiger partial charge in [-0.3, -0.25) is 5.41 Å². The van der Waals surface area contributed by atoms with Gasteiger partial charge in [-0.15, -0.1) is 0 Å². The van der Waals surface area contributed by atoms with Crippen molar-refractivity contribution >= 4 is 17.6 Å². The topological polar surface area (TPSA) is 53.1 Å². The van der Waals surface area contributed by atoms with Crippen LogP contribution < -0.4 is 5.73 Å². The second-order valence-electron chi connectivity index (χ2n) is 5.56. The molecule has 3 nitrogen and oxygen atoms in total. The minimum Gasteiger partial charge on any atom is -0.387 e. The number of thioether (sulfide) groups is 1. The summed E-state index contributed by atoms with van der Waals surface area (Å²) in [6.07, 6.45) is 0.979. The summed E-state index contributed by atoms with van der Waals surface area (Å²) < 4.78 is 0. The molecule has 0 aromatic rings. The number of hydrogen-bond acceptors (Lipinski definition) is 3. The van der Waals surface area contributed by atoms with Crippen LogP contribution in [0.5, 0.6) is 0 Å². The van der Waals surface area contributed by atoms with Crippen LogP contribution in [0.3, 0.4) is 0 Å². The number of amidine groups is 1. The average molecular weight is 243 g/mol. The van der Waals surface area contributed by atoms with Crippen molar-refractivity contribution in [2.45, 2.75) is 44.6 Å². The van der Waals surface area contributed by atoms with Gasteiger partial charge in [-0.25, -0.2) is 0 Å². The fraction of sp³-hybridized carbons (Fsp3) is 0.917. The molecule has 0 bridgehead atoms. The first-order valence-corrected chi connectivity index (χ1v) is 6.98. The Balaban J connectivity index is 2.40. The Morgan fingerprint density at radius 1 is 1.38 bits per heavy atom. The Kier molecular flexibility index (Phi) is 4.68. The largest absolute Gasteiger partial charge is 0.387 e. The zero-order chi connectivity index (χ0) is 12.3. The molecule has 2 atom stereocenters. The highest BCUT2D eigenvalue weighted by Crippen LogP contribution is 2.26. The normalized spacial score (nSPS) is 28.0. The molecule has 2 unspecified atom stereocenters. The summed E-state index contributed by atoms with van der Waals surface area (Å²) in [5, 5.41) is 9.00. The van der Waals surface area contributed by atoms with Crippen molar-refractivity contribution in [1.82, 2.24) is 4.90 Å². The van der Waals surface area contributed by atoms with Crippen molar-refractivity contribution in [3.63, 3.8) is 0 Å². The standard InChI is InChI=1S/C12H25N3S/c1-9-7-15(8-10(2)16-9)6-5-12(3,4)11(13)14/h9-10H,5-8H2,1-4H3,(H3,13,14). The van der Waals surface area contributed by atoms with Crippen LogP contribution in [-0.2, 0) is 0 Å². The predicted octanol–water partition coefficient (Wildman–Crippen LogP) is 2.16. The van der Waals surface area contributed by atoms with Gasteiger partial charge in [0.15, 0.2) is 0 Å². The van der Waals surface area contributed by atoms with Crippen LogP contribution in [0.4, 0.5) is 0 Å². The minimum absolute atomic E-state index is 0.156. The van der Waals surface area contributed by atoms with E-state index in [9.17, 15) is 0 Å². The van der Waals surface area contributed by atoms with E-state index < -0.39 is 0 Å². The van der Waals surface area contributed by atoms with Gasteiger partial charge < -0.3 is 10.6 Å². The number of nitrogens with zero attached hydrogens (tertiary/aromatic N) is 1. The van der Waals surface area contributed by atoms with Gasteiger partial charge in [-0.2, -0.15) is 11.8 Å². The first-order valence-electron chi connectivity index (χ1n) is 6.03. The number of nitrogens with two attached hydrogens (primary N) is 1. The van der Waals surface area contributed by atoms with Gasteiger partial charge in [-0.05, 0) is 13.0 Å². The van der Waals surface area contributed by atoms with Gasteiger partial charge in [0.25, 0.3) is 0 Å². The molecule has 0 aliphatic carbocycles. The molecular weight excluding hydrogens is 218 g/mol. The van der Waals surface area contributed by atoms with Crippen molar-refractivity contribution in [3.8, 4) is 0 Å². The molecule has 0 aromatic carbocycles. The molecule has 0 radical (unpaired) electrons. The summed E-state index contributed by atoms with van der Waals surface area (Å²) in [7, 11) is 0. The van der Waals surface area contributed by atoms with Crippen LogP contribution in [0, 0.1) is 10.8 Å². The van der Waals surface area contributed by atoms with Gasteiger partial charge >= 0.3 is 0 Å². The molecular formula is C12H25N3S. The molecule has 0 saturated carbocycles. The SMILES string of the molecule is CC1CN(CCC(C)(C)C(=N)N)CC(C)S1. The number of hydrogen-bond donors (Lipinski definition) is 2. The first kappa shape index (κ1) is 13.8. The Morgan fingerprint density at radius 3 is 2.31 bits per heavy atom. The minimum atomic E-state index is -0.156. The zero-order valence-corrected chi connectivity index (χ0v) is 11.7. The third-order valence-corrected chi connectivity index (χ3v) is 4.50. The Morgan fingerprint density at radius 2 is 1.88 bits per heavy atom. The van der Waals surface area contributed by atoms with E-state index in [1.807, 2.05) is 0 Å². The molecule has 0 amide bonds. The summed E-state index contributed by atoms with van der Waals surface area (Å²) in [4.78, 5) is 2.51. The van der Waals surface area contributed by atoms with Crippen LogP contribution in [-0.4, -0.2) is 40.9 Å². The Bertz CT molecular complexity index is 243. The van der Waals surface area contributed by atoms with E-state index >= 15 is 0 Å². The van der Waals surface area contributed by atoms with E-state index in [-0.39, 0.29) is 5.41 Å². The van der Waals surface area contributed by atoms with E-state index in [2.05, 4.69) is 44.4 Å². The molecule has 0 spiro atoms. The lowest BCUT2D eigenvalue weighted by atomic mass is 9.88. The van der Waals surface area contributed by atoms with Crippen LogP contribution in [0.1, 0.15) is 34.1 Å². The maximum atomic E-state index is 7.55. The van der Waals surface area contributed by atoms with E-state index in [4.69, 9.17) is 11.1 Å². The quantitative estimate of drug-likeness (QED) is 0.588. The second-order valence-corrected chi connectivity index (χ2v) is 7.45. The molecule has 1 fully saturated rings. The Hall–Kier alpha value is -0.220. The third-order valence-electron chi connectivity index (χ3n) is 3.28. The Labute approximate surface area is 104 Å². The molecule has 4 heteroatoms. The van der Waals surface area contributed by atoms with Gasteiger partial charge in [-0.1, -0.05) is 27.7 Å². The van der Waals surface area contributed by atoms with Crippen LogP contribution >= 0.6 is 11.8 Å². The highest BCUT2D eigenvalue weighted by molar-refractivity contribution is 8.00. The maximum absolute atomic E-state index is 7.55. The number of nitrogens with one attached hydrogen (secondary N) is 1. The molecule has 1 heterocycles. The molecule has 1 aliphatic rings. The zero-order valence-electron chi connectivity index (χ0n) is 10.9. The van der Waals surface area contributed by atoms with Crippen molar-refractivity contribution in [3.05, 3.63) is 0 Å². The summed E-state index contributed by atoms with van der Waals surface area (Å²) >= 11 is 2.08. The molecule has 1 rings (SSSR count). The highest BCUT2D eigenvalue weighted by atomic mass is 32.2. The summed E-state index contributed by atoms with van der Waals surface area (Å²) in [6.45, 7) is 12.1. The van der Waals surface area contributed by atoms with Crippen molar-refractivity contribution in [2.24, 2.45) is 11.1 Å². The van der Waals surface area contributed by atoms with Crippen molar-refractivity contribution in [1.29, 1.82) is 5.41 Å². The van der Waals surface area contributed by atoms with Crippen molar-refractivity contribution < 1.29 is 0 Å². The lowest BCUT2D eigenvalue weighted by Gasteiger charge is -2.36. The maximum Gasteiger partial charge on any atom is 0.0963 e.